The minimum Gasteiger partial charge on any atom is -0.362 e. The molecule has 10 nitrogen and oxygen atoms in total. The Bertz CT molecular complexity index is 1680. The molecule has 0 spiro atoms. The van der Waals surface area contributed by atoms with E-state index in [-0.39, 0.29) is 41.3 Å². The van der Waals surface area contributed by atoms with E-state index < -0.39 is 5.91 Å². The molecule has 1 aliphatic rings. The van der Waals surface area contributed by atoms with E-state index in [2.05, 4.69) is 21.6 Å². The SMILES string of the molecule is CCn1c(=O)/c(=C\Nc2cccc(N(C)C(=O)CN3CCc4ccccc43)c2)s/c1=C(/C#N)C(=O)NCC#N. The molecular weight excluding hydrogens is 514 g/mol. The van der Waals surface area contributed by atoms with Gasteiger partial charge in [-0.1, -0.05) is 24.3 Å². The van der Waals surface area contributed by atoms with Gasteiger partial charge in [0, 0.05) is 43.4 Å². The summed E-state index contributed by atoms with van der Waals surface area (Å²) in [7, 11) is 1.73. The average Bonchev–Trinajstić information content (AvgIpc) is 3.50. The van der Waals surface area contributed by atoms with Crippen LogP contribution < -0.4 is 35.2 Å². The zero-order chi connectivity index (χ0) is 27.9. The van der Waals surface area contributed by atoms with Crippen molar-refractivity contribution in [3.8, 4) is 12.1 Å². The fourth-order valence-corrected chi connectivity index (χ4v) is 5.42. The van der Waals surface area contributed by atoms with Crippen molar-refractivity contribution >= 4 is 52.0 Å². The number of nitrogens with zero attached hydrogens (tertiary/aromatic N) is 5. The first kappa shape index (κ1) is 27.2. The van der Waals surface area contributed by atoms with Gasteiger partial charge in [-0.2, -0.15) is 10.5 Å². The second kappa shape index (κ2) is 12.1. The van der Waals surface area contributed by atoms with Crippen molar-refractivity contribution in [1.82, 2.24) is 9.88 Å². The van der Waals surface area contributed by atoms with Gasteiger partial charge in [0.1, 0.15) is 21.8 Å². The van der Waals surface area contributed by atoms with Gasteiger partial charge in [-0.15, -0.1) is 11.3 Å². The average molecular weight is 542 g/mol. The van der Waals surface area contributed by atoms with Crippen LogP contribution in [0.1, 0.15) is 12.5 Å². The first-order valence-corrected chi connectivity index (χ1v) is 13.1. The van der Waals surface area contributed by atoms with Gasteiger partial charge in [0.25, 0.3) is 11.5 Å². The maximum absolute atomic E-state index is 13.1. The monoisotopic (exact) mass is 541 g/mol. The van der Waals surface area contributed by atoms with Crippen molar-refractivity contribution in [3.63, 3.8) is 0 Å². The van der Waals surface area contributed by atoms with Crippen LogP contribution in [0, 0.1) is 22.7 Å². The molecule has 4 rings (SSSR count). The minimum atomic E-state index is -0.708. The second-order valence-electron chi connectivity index (χ2n) is 8.74. The van der Waals surface area contributed by atoms with Crippen LogP contribution in [0.25, 0.3) is 11.8 Å². The summed E-state index contributed by atoms with van der Waals surface area (Å²) in [4.78, 5) is 42.0. The molecule has 3 aromatic rings. The number of amides is 2. The Morgan fingerprint density at radius 2 is 1.97 bits per heavy atom. The van der Waals surface area contributed by atoms with Crippen LogP contribution in [0.15, 0.2) is 53.3 Å². The maximum atomic E-state index is 13.1. The van der Waals surface area contributed by atoms with Crippen molar-refractivity contribution in [1.29, 1.82) is 10.5 Å². The summed E-state index contributed by atoms with van der Waals surface area (Å²) < 4.78 is 1.87. The molecule has 0 radical (unpaired) electrons. The molecule has 11 heteroatoms. The predicted molar refractivity (Wildman–Crippen MR) is 151 cm³/mol. The third kappa shape index (κ3) is 5.84. The van der Waals surface area contributed by atoms with Crippen LogP contribution >= 0.6 is 11.3 Å². The van der Waals surface area contributed by atoms with Gasteiger partial charge in [0.15, 0.2) is 5.57 Å². The first-order chi connectivity index (χ1) is 18.9. The molecule has 0 bridgehead atoms. The van der Waals surface area contributed by atoms with Crippen LogP contribution in [0.4, 0.5) is 17.1 Å². The molecule has 1 aromatic heterocycles. The minimum absolute atomic E-state index is 0.0455. The van der Waals surface area contributed by atoms with E-state index >= 15 is 0 Å². The van der Waals surface area contributed by atoms with Gasteiger partial charge in [-0.25, -0.2) is 0 Å². The topological polar surface area (TPSA) is 134 Å². The largest absolute Gasteiger partial charge is 0.362 e. The Balaban J connectivity index is 1.55. The number of nitrogens with one attached hydrogen (secondary N) is 2. The maximum Gasteiger partial charge on any atom is 0.270 e. The molecule has 0 unspecified atom stereocenters. The van der Waals surface area contributed by atoms with E-state index in [1.165, 1.54) is 16.3 Å². The van der Waals surface area contributed by atoms with E-state index in [9.17, 15) is 19.6 Å². The lowest BCUT2D eigenvalue weighted by Gasteiger charge is -2.24. The van der Waals surface area contributed by atoms with Gasteiger partial charge in [0.2, 0.25) is 5.91 Å². The highest BCUT2D eigenvalue weighted by Crippen LogP contribution is 2.27. The van der Waals surface area contributed by atoms with Crippen molar-refractivity contribution in [2.24, 2.45) is 0 Å². The molecule has 39 heavy (non-hydrogen) atoms. The molecule has 2 amide bonds. The molecule has 2 heterocycles. The second-order valence-corrected chi connectivity index (χ2v) is 9.77. The van der Waals surface area contributed by atoms with Crippen LogP contribution in [-0.4, -0.2) is 43.1 Å². The number of thiazole rings is 1. The smallest absolute Gasteiger partial charge is 0.270 e. The standard InChI is InChI=1S/C28H27N7O3S/c1-3-35-27(38)24(39-28(35)22(16-30)26(37)31-13-12-29)17-32-20-8-6-9-21(15-20)33(2)25(36)18-34-14-11-19-7-4-5-10-23(19)34/h4-10,15,17,32H,3,11,13-14,18H2,1-2H3,(H,31,37)/b24-17+,28-22-. The zero-order valence-corrected chi connectivity index (χ0v) is 22.4. The Kier molecular flexibility index (Phi) is 8.44. The molecule has 0 saturated heterocycles. The molecule has 198 valence electrons. The van der Waals surface area contributed by atoms with Gasteiger partial charge >= 0.3 is 0 Å². The Labute approximate surface area is 229 Å². The van der Waals surface area contributed by atoms with Crippen LogP contribution in [-0.2, 0) is 22.6 Å². The highest BCUT2D eigenvalue weighted by molar-refractivity contribution is 7.07. The van der Waals surface area contributed by atoms with Crippen molar-refractivity contribution < 1.29 is 9.59 Å². The number of hydrogen-bond donors (Lipinski definition) is 2. The molecule has 0 aliphatic carbocycles. The van der Waals surface area contributed by atoms with E-state index in [1.54, 1.807) is 31.0 Å². The van der Waals surface area contributed by atoms with Crippen LogP contribution in [0.5, 0.6) is 0 Å². The van der Waals surface area contributed by atoms with Gasteiger partial charge in [0.05, 0.1) is 12.6 Å². The third-order valence-electron chi connectivity index (χ3n) is 6.39. The summed E-state index contributed by atoms with van der Waals surface area (Å²) in [5.41, 5.74) is 3.12. The number of hydrogen-bond acceptors (Lipinski definition) is 8. The lowest BCUT2D eigenvalue weighted by atomic mass is 10.2. The Morgan fingerprint density at radius 1 is 1.18 bits per heavy atom. The molecule has 0 atom stereocenters. The van der Waals surface area contributed by atoms with Crippen LogP contribution in [0.3, 0.4) is 0 Å². The van der Waals surface area contributed by atoms with E-state index in [0.29, 0.717) is 15.9 Å². The van der Waals surface area contributed by atoms with E-state index in [4.69, 9.17) is 5.26 Å². The molecule has 0 fully saturated rings. The number of rotatable bonds is 8. The molecular formula is C28H27N7O3S. The summed E-state index contributed by atoms with van der Waals surface area (Å²) >= 11 is 1.01. The van der Waals surface area contributed by atoms with E-state index in [1.807, 2.05) is 42.5 Å². The highest BCUT2D eigenvalue weighted by atomic mass is 32.1. The number of para-hydroxylation sites is 1. The number of carbonyl (C=O) groups is 2. The number of likely N-dealkylation sites (N-methyl/N-ethyl adjacent to an activating group) is 1. The lowest BCUT2D eigenvalue weighted by molar-refractivity contribution is -0.117. The van der Waals surface area contributed by atoms with Crippen molar-refractivity contribution in [3.05, 3.63) is 73.6 Å². The van der Waals surface area contributed by atoms with Crippen LogP contribution in [0.2, 0.25) is 0 Å². The highest BCUT2D eigenvalue weighted by Gasteiger charge is 2.22. The summed E-state index contributed by atoms with van der Waals surface area (Å²) in [6, 6.07) is 19.0. The van der Waals surface area contributed by atoms with E-state index in [0.717, 1.165) is 30.0 Å². The number of benzene rings is 2. The summed E-state index contributed by atoms with van der Waals surface area (Å²) in [5, 5.41) is 23.7. The normalized spacial score (nSPS) is 13.2. The summed E-state index contributed by atoms with van der Waals surface area (Å²) in [6.07, 6.45) is 2.44. The zero-order valence-electron chi connectivity index (χ0n) is 21.6. The number of anilines is 3. The quantitative estimate of drug-likeness (QED) is 0.408. The fraction of sp³-hybridized carbons (Fsp3) is 0.250. The van der Waals surface area contributed by atoms with Gasteiger partial charge < -0.3 is 20.4 Å². The molecule has 2 aromatic carbocycles. The fourth-order valence-electron chi connectivity index (χ4n) is 4.33. The number of aromatic nitrogens is 1. The summed E-state index contributed by atoms with van der Waals surface area (Å²) in [6.45, 7) is 2.84. The molecule has 0 saturated carbocycles. The number of carbonyl (C=O) groups excluding carboxylic acids is 2. The van der Waals surface area contributed by atoms with Gasteiger partial charge in [-0.05, 0) is 43.2 Å². The summed E-state index contributed by atoms with van der Waals surface area (Å²) in [5.74, 6) is -0.754. The third-order valence-corrected chi connectivity index (χ3v) is 7.52. The number of fused-ring (bicyclic) bond motifs is 1. The van der Waals surface area contributed by atoms with Crippen molar-refractivity contribution in [2.45, 2.75) is 19.9 Å². The van der Waals surface area contributed by atoms with Crippen molar-refractivity contribution in [2.75, 3.05) is 41.8 Å². The Hall–Kier alpha value is -4.87. The van der Waals surface area contributed by atoms with Gasteiger partial charge in [-0.3, -0.25) is 19.0 Å². The molecule has 2 N–H and O–H groups in total. The first-order valence-electron chi connectivity index (χ1n) is 12.3. The molecule has 1 aliphatic heterocycles. The lowest BCUT2D eigenvalue weighted by Crippen LogP contribution is -2.37. The Morgan fingerprint density at radius 3 is 2.72 bits per heavy atom. The number of nitriles is 2. The predicted octanol–water partition coefficient (Wildman–Crippen LogP) is 1.12.